The molecule has 0 aliphatic heterocycles. The van der Waals surface area contributed by atoms with E-state index in [0.29, 0.717) is 12.0 Å². The van der Waals surface area contributed by atoms with Crippen LogP contribution in [0.4, 0.5) is 0 Å². The van der Waals surface area contributed by atoms with E-state index in [9.17, 15) is 9.59 Å². The normalized spacial score (nSPS) is 11.5. The van der Waals surface area contributed by atoms with Crippen molar-refractivity contribution in [3.8, 4) is 0 Å². The summed E-state index contributed by atoms with van der Waals surface area (Å²) in [4.78, 5) is 25.3. The first-order valence-electron chi connectivity index (χ1n) is 9.24. The van der Waals surface area contributed by atoms with Crippen LogP contribution in [-0.2, 0) is 22.6 Å². The zero-order valence-corrected chi connectivity index (χ0v) is 15.8. The summed E-state index contributed by atoms with van der Waals surface area (Å²) in [6, 6.07) is 25.4. The monoisotopic (exact) mass is 373 g/mol. The zero-order chi connectivity index (χ0) is 19.8. The lowest BCUT2D eigenvalue weighted by Gasteiger charge is -2.18. The van der Waals surface area contributed by atoms with Gasteiger partial charge in [-0.2, -0.15) is 0 Å². The minimum absolute atomic E-state index is 0.179. The van der Waals surface area contributed by atoms with Gasteiger partial charge in [-0.3, -0.25) is 4.79 Å². The molecule has 3 rings (SSSR count). The Labute approximate surface area is 165 Å². The van der Waals surface area contributed by atoms with E-state index < -0.39 is 12.0 Å². The molecule has 0 heterocycles. The van der Waals surface area contributed by atoms with Crippen LogP contribution in [0.5, 0.6) is 0 Å². The highest BCUT2D eigenvalue weighted by molar-refractivity contribution is 5.96. The minimum atomic E-state index is -0.765. The van der Waals surface area contributed by atoms with Crippen LogP contribution in [-0.4, -0.2) is 17.9 Å². The SMILES string of the molecule is Cc1ccccc1COC(=O)[C@H](Cc1ccccc1)NC(=O)c1ccccc1. The molecule has 0 bridgehead atoms. The number of ether oxygens (including phenoxy) is 1. The van der Waals surface area contributed by atoms with Crippen molar-refractivity contribution in [3.05, 3.63) is 107 Å². The molecule has 0 aromatic heterocycles. The average molecular weight is 373 g/mol. The van der Waals surface area contributed by atoms with Crippen molar-refractivity contribution in [2.24, 2.45) is 0 Å². The van der Waals surface area contributed by atoms with Gasteiger partial charge in [-0.05, 0) is 35.7 Å². The molecular weight excluding hydrogens is 350 g/mol. The smallest absolute Gasteiger partial charge is 0.329 e. The Hall–Kier alpha value is -3.40. The Morgan fingerprint density at radius 1 is 0.857 bits per heavy atom. The Balaban J connectivity index is 1.72. The van der Waals surface area contributed by atoms with Crippen LogP contribution in [0, 0.1) is 6.92 Å². The fourth-order valence-corrected chi connectivity index (χ4v) is 2.90. The number of nitrogens with one attached hydrogen (secondary N) is 1. The quantitative estimate of drug-likeness (QED) is 0.635. The maximum atomic E-state index is 12.8. The van der Waals surface area contributed by atoms with Crippen molar-refractivity contribution in [3.63, 3.8) is 0 Å². The van der Waals surface area contributed by atoms with Gasteiger partial charge >= 0.3 is 5.97 Å². The standard InChI is InChI=1S/C24H23NO3/c1-18-10-8-9-15-21(18)17-28-24(27)22(16-19-11-4-2-5-12-19)25-23(26)20-13-6-3-7-14-20/h2-15,22H,16-17H2,1H3,(H,25,26)/t22-/m0/s1. The summed E-state index contributed by atoms with van der Waals surface area (Å²) in [5.41, 5.74) is 3.47. The van der Waals surface area contributed by atoms with E-state index >= 15 is 0 Å². The van der Waals surface area contributed by atoms with E-state index in [-0.39, 0.29) is 12.5 Å². The lowest BCUT2D eigenvalue weighted by Crippen LogP contribution is -2.43. The average Bonchev–Trinajstić information content (AvgIpc) is 2.74. The highest BCUT2D eigenvalue weighted by Gasteiger charge is 2.23. The van der Waals surface area contributed by atoms with E-state index in [1.807, 2.05) is 67.6 Å². The third-order valence-corrected chi connectivity index (χ3v) is 4.54. The Morgan fingerprint density at radius 2 is 1.46 bits per heavy atom. The van der Waals surface area contributed by atoms with E-state index in [2.05, 4.69) is 5.32 Å². The summed E-state index contributed by atoms with van der Waals surface area (Å²) in [5.74, 6) is -0.745. The molecule has 1 amide bonds. The van der Waals surface area contributed by atoms with E-state index in [0.717, 1.165) is 16.7 Å². The maximum Gasteiger partial charge on any atom is 0.329 e. The number of benzene rings is 3. The van der Waals surface area contributed by atoms with Crippen molar-refractivity contribution < 1.29 is 14.3 Å². The Kier molecular flexibility index (Phi) is 6.58. The topological polar surface area (TPSA) is 55.4 Å². The number of hydrogen-bond donors (Lipinski definition) is 1. The van der Waals surface area contributed by atoms with Gasteiger partial charge in [-0.1, -0.05) is 72.8 Å². The number of hydrogen-bond acceptors (Lipinski definition) is 3. The third-order valence-electron chi connectivity index (χ3n) is 4.54. The molecule has 142 valence electrons. The Morgan fingerprint density at radius 3 is 2.14 bits per heavy atom. The fraction of sp³-hybridized carbons (Fsp3) is 0.167. The maximum absolute atomic E-state index is 12.8. The molecule has 0 unspecified atom stereocenters. The third kappa shape index (κ3) is 5.30. The van der Waals surface area contributed by atoms with Gasteiger partial charge in [0.2, 0.25) is 0 Å². The summed E-state index contributed by atoms with van der Waals surface area (Å²) >= 11 is 0. The van der Waals surface area contributed by atoms with Crippen LogP contribution in [0.3, 0.4) is 0 Å². The summed E-state index contributed by atoms with van der Waals surface area (Å²) < 4.78 is 5.53. The molecule has 0 fully saturated rings. The van der Waals surface area contributed by atoms with Gasteiger partial charge in [0.15, 0.2) is 0 Å². The predicted octanol–water partition coefficient (Wildman–Crippen LogP) is 4.08. The summed E-state index contributed by atoms with van der Waals surface area (Å²) in [6.45, 7) is 2.15. The van der Waals surface area contributed by atoms with E-state index in [1.165, 1.54) is 0 Å². The number of carbonyl (C=O) groups is 2. The van der Waals surface area contributed by atoms with Gasteiger partial charge in [0.1, 0.15) is 12.6 Å². The first kappa shape index (κ1) is 19.4. The van der Waals surface area contributed by atoms with E-state index in [4.69, 9.17) is 4.74 Å². The Bertz CT molecular complexity index is 923. The molecule has 3 aromatic carbocycles. The number of esters is 1. The molecule has 0 radical (unpaired) electrons. The number of aryl methyl sites for hydroxylation is 1. The zero-order valence-electron chi connectivity index (χ0n) is 15.8. The van der Waals surface area contributed by atoms with Crippen molar-refractivity contribution >= 4 is 11.9 Å². The highest BCUT2D eigenvalue weighted by Crippen LogP contribution is 2.11. The lowest BCUT2D eigenvalue weighted by molar-refractivity contribution is -0.147. The van der Waals surface area contributed by atoms with E-state index in [1.54, 1.807) is 24.3 Å². The molecule has 0 aliphatic carbocycles. The largest absolute Gasteiger partial charge is 0.459 e. The highest BCUT2D eigenvalue weighted by atomic mass is 16.5. The molecule has 3 aromatic rings. The van der Waals surface area contributed by atoms with Crippen LogP contribution in [0.2, 0.25) is 0 Å². The van der Waals surface area contributed by atoms with Crippen LogP contribution in [0.25, 0.3) is 0 Å². The molecule has 0 spiro atoms. The first-order valence-corrected chi connectivity index (χ1v) is 9.24. The van der Waals surface area contributed by atoms with Crippen LogP contribution in [0.1, 0.15) is 27.0 Å². The summed E-state index contributed by atoms with van der Waals surface area (Å²) in [5, 5.41) is 2.82. The molecule has 0 saturated carbocycles. The van der Waals surface area contributed by atoms with Gasteiger partial charge < -0.3 is 10.1 Å². The number of rotatable bonds is 7. The second-order valence-corrected chi connectivity index (χ2v) is 6.62. The van der Waals surface area contributed by atoms with Crippen molar-refractivity contribution in [2.45, 2.75) is 26.0 Å². The second-order valence-electron chi connectivity index (χ2n) is 6.62. The van der Waals surface area contributed by atoms with Gasteiger partial charge in [0.25, 0.3) is 5.91 Å². The second kappa shape index (κ2) is 9.51. The van der Waals surface area contributed by atoms with Gasteiger partial charge in [0.05, 0.1) is 0 Å². The molecule has 1 N–H and O–H groups in total. The van der Waals surface area contributed by atoms with Crippen LogP contribution >= 0.6 is 0 Å². The van der Waals surface area contributed by atoms with Crippen LogP contribution in [0.15, 0.2) is 84.9 Å². The molecule has 0 aliphatic rings. The summed E-state index contributed by atoms with van der Waals surface area (Å²) in [6.07, 6.45) is 0.367. The molecule has 1 atom stereocenters. The molecule has 4 nitrogen and oxygen atoms in total. The van der Waals surface area contributed by atoms with Gasteiger partial charge in [0, 0.05) is 12.0 Å². The first-order chi connectivity index (χ1) is 13.6. The predicted molar refractivity (Wildman–Crippen MR) is 109 cm³/mol. The molecular formula is C24H23NO3. The lowest BCUT2D eigenvalue weighted by atomic mass is 10.1. The molecule has 28 heavy (non-hydrogen) atoms. The van der Waals surface area contributed by atoms with Crippen molar-refractivity contribution in [2.75, 3.05) is 0 Å². The summed E-state index contributed by atoms with van der Waals surface area (Å²) in [7, 11) is 0. The number of carbonyl (C=O) groups excluding carboxylic acids is 2. The molecule has 0 saturated heterocycles. The van der Waals surface area contributed by atoms with Crippen molar-refractivity contribution in [1.29, 1.82) is 0 Å². The van der Waals surface area contributed by atoms with Gasteiger partial charge in [-0.25, -0.2) is 4.79 Å². The minimum Gasteiger partial charge on any atom is -0.459 e. The van der Waals surface area contributed by atoms with Crippen molar-refractivity contribution in [1.82, 2.24) is 5.32 Å². The van der Waals surface area contributed by atoms with Gasteiger partial charge in [-0.15, -0.1) is 0 Å². The number of amides is 1. The van der Waals surface area contributed by atoms with Crippen LogP contribution < -0.4 is 5.32 Å². The fourth-order valence-electron chi connectivity index (χ4n) is 2.90. The molecule has 4 heteroatoms.